The van der Waals surface area contributed by atoms with E-state index in [0.717, 1.165) is 12.8 Å². The zero-order chi connectivity index (χ0) is 17.9. The van der Waals surface area contributed by atoms with Gasteiger partial charge in [-0.1, -0.05) is 31.0 Å². The minimum atomic E-state index is -1.09. The van der Waals surface area contributed by atoms with E-state index in [-0.39, 0.29) is 17.7 Å². The number of nitrogens with zero attached hydrogens (tertiary/aromatic N) is 1. The highest BCUT2D eigenvalue weighted by Gasteiger charge is 2.43. The predicted molar refractivity (Wildman–Crippen MR) is 92.0 cm³/mol. The molecule has 1 saturated heterocycles. The van der Waals surface area contributed by atoms with E-state index in [0.29, 0.717) is 44.3 Å². The van der Waals surface area contributed by atoms with Crippen LogP contribution < -0.4 is 5.32 Å². The highest BCUT2D eigenvalue weighted by Crippen LogP contribution is 2.31. The number of piperidine rings is 1. The Morgan fingerprint density at radius 1 is 1.04 bits per heavy atom. The molecule has 25 heavy (non-hydrogen) atoms. The standard InChI is InChI=1S/C19H24N2O4/c22-16(20-19(18(24)25)10-4-5-11-19)14-8-12-21(13-9-14)17(23)15-6-2-1-3-7-15/h1-3,6-7,14H,4-5,8-13H2,(H,20,22)(H,24,25). The Hall–Kier alpha value is -2.37. The second kappa shape index (κ2) is 7.25. The second-order valence-electron chi connectivity index (χ2n) is 7.02. The summed E-state index contributed by atoms with van der Waals surface area (Å²) in [5.74, 6) is -1.36. The van der Waals surface area contributed by atoms with Gasteiger partial charge in [0.15, 0.2) is 0 Å². The highest BCUT2D eigenvalue weighted by molar-refractivity contribution is 5.94. The number of aliphatic carboxylic acids is 1. The Morgan fingerprint density at radius 2 is 1.64 bits per heavy atom. The Labute approximate surface area is 147 Å². The monoisotopic (exact) mass is 344 g/mol. The van der Waals surface area contributed by atoms with Gasteiger partial charge in [-0.3, -0.25) is 9.59 Å². The Balaban J connectivity index is 1.56. The molecule has 0 bridgehead atoms. The lowest BCUT2D eigenvalue weighted by molar-refractivity contribution is -0.148. The van der Waals surface area contributed by atoms with Crippen LogP contribution in [0.15, 0.2) is 30.3 Å². The molecule has 2 amide bonds. The molecule has 2 fully saturated rings. The van der Waals surface area contributed by atoms with Gasteiger partial charge in [-0.15, -0.1) is 0 Å². The first-order chi connectivity index (χ1) is 12.0. The third-order valence-corrected chi connectivity index (χ3v) is 5.40. The number of rotatable bonds is 4. The second-order valence-corrected chi connectivity index (χ2v) is 7.02. The third kappa shape index (κ3) is 3.67. The van der Waals surface area contributed by atoms with Crippen molar-refractivity contribution in [2.75, 3.05) is 13.1 Å². The highest BCUT2D eigenvalue weighted by atomic mass is 16.4. The Morgan fingerprint density at radius 3 is 2.20 bits per heavy atom. The van der Waals surface area contributed by atoms with Gasteiger partial charge in [0, 0.05) is 24.6 Å². The smallest absolute Gasteiger partial charge is 0.329 e. The van der Waals surface area contributed by atoms with Gasteiger partial charge in [0.1, 0.15) is 5.54 Å². The van der Waals surface area contributed by atoms with Crippen LogP contribution in [0, 0.1) is 5.92 Å². The number of benzene rings is 1. The fraction of sp³-hybridized carbons (Fsp3) is 0.526. The van der Waals surface area contributed by atoms with Crippen LogP contribution in [0.5, 0.6) is 0 Å². The van der Waals surface area contributed by atoms with E-state index in [1.807, 2.05) is 18.2 Å². The van der Waals surface area contributed by atoms with E-state index in [4.69, 9.17) is 0 Å². The Kier molecular flexibility index (Phi) is 5.06. The number of nitrogens with one attached hydrogen (secondary N) is 1. The number of carboxylic acids is 1. The third-order valence-electron chi connectivity index (χ3n) is 5.40. The molecule has 1 aromatic carbocycles. The maximum absolute atomic E-state index is 12.5. The van der Waals surface area contributed by atoms with E-state index in [2.05, 4.69) is 5.32 Å². The lowest BCUT2D eigenvalue weighted by Crippen LogP contribution is -2.55. The molecule has 3 rings (SSSR count). The summed E-state index contributed by atoms with van der Waals surface area (Å²) in [6, 6.07) is 9.12. The van der Waals surface area contributed by atoms with Crippen molar-refractivity contribution in [2.45, 2.75) is 44.1 Å². The van der Waals surface area contributed by atoms with Crippen LogP contribution in [-0.2, 0) is 9.59 Å². The molecule has 6 nitrogen and oxygen atoms in total. The van der Waals surface area contributed by atoms with Crippen LogP contribution in [0.4, 0.5) is 0 Å². The summed E-state index contributed by atoms with van der Waals surface area (Å²) in [4.78, 5) is 38.3. The summed E-state index contributed by atoms with van der Waals surface area (Å²) < 4.78 is 0. The van der Waals surface area contributed by atoms with Gasteiger partial charge >= 0.3 is 5.97 Å². The zero-order valence-electron chi connectivity index (χ0n) is 14.2. The van der Waals surface area contributed by atoms with E-state index >= 15 is 0 Å². The van der Waals surface area contributed by atoms with Gasteiger partial charge in [0.2, 0.25) is 5.91 Å². The number of carbonyl (C=O) groups excluding carboxylic acids is 2. The first-order valence-electron chi connectivity index (χ1n) is 8.92. The van der Waals surface area contributed by atoms with Crippen LogP contribution in [0.25, 0.3) is 0 Å². The van der Waals surface area contributed by atoms with Crippen molar-refractivity contribution in [3.63, 3.8) is 0 Å². The first kappa shape index (κ1) is 17.5. The average molecular weight is 344 g/mol. The largest absolute Gasteiger partial charge is 0.480 e. The molecule has 1 aliphatic heterocycles. The van der Waals surface area contributed by atoms with Gasteiger partial charge in [0.05, 0.1) is 0 Å². The predicted octanol–water partition coefficient (Wildman–Crippen LogP) is 2.05. The normalized spacial score (nSPS) is 20.2. The molecule has 1 aliphatic carbocycles. The zero-order valence-corrected chi connectivity index (χ0v) is 14.2. The lowest BCUT2D eigenvalue weighted by atomic mass is 9.92. The molecule has 2 aliphatic rings. The maximum atomic E-state index is 12.5. The SMILES string of the molecule is O=C(NC1(C(=O)O)CCCC1)C1CCN(C(=O)c2ccccc2)CC1. The van der Waals surface area contributed by atoms with Crippen LogP contribution in [0.3, 0.4) is 0 Å². The van der Waals surface area contributed by atoms with Crippen LogP contribution in [0.2, 0.25) is 0 Å². The number of hydrogen-bond acceptors (Lipinski definition) is 3. The van der Waals surface area contributed by atoms with Crippen LogP contribution in [0.1, 0.15) is 48.9 Å². The summed E-state index contributed by atoms with van der Waals surface area (Å²) in [5, 5.41) is 12.3. The summed E-state index contributed by atoms with van der Waals surface area (Å²) in [6.45, 7) is 1.04. The summed E-state index contributed by atoms with van der Waals surface area (Å²) in [5.41, 5.74) is -0.435. The number of carboxylic acid groups (broad SMARTS) is 1. The minimum Gasteiger partial charge on any atom is -0.480 e. The molecule has 1 aromatic rings. The fourth-order valence-corrected chi connectivity index (χ4v) is 3.82. The van der Waals surface area contributed by atoms with Crippen molar-refractivity contribution >= 4 is 17.8 Å². The lowest BCUT2D eigenvalue weighted by Gasteiger charge is -2.33. The molecule has 134 valence electrons. The van der Waals surface area contributed by atoms with E-state index < -0.39 is 11.5 Å². The molecule has 0 atom stereocenters. The van der Waals surface area contributed by atoms with Crippen molar-refractivity contribution in [3.8, 4) is 0 Å². The van der Waals surface area contributed by atoms with Gasteiger partial charge in [-0.2, -0.15) is 0 Å². The average Bonchev–Trinajstić information content (AvgIpc) is 3.12. The minimum absolute atomic E-state index is 0.0164. The van der Waals surface area contributed by atoms with Crippen molar-refractivity contribution < 1.29 is 19.5 Å². The summed E-state index contributed by atoms with van der Waals surface area (Å²) in [6.07, 6.45) is 3.80. The molecule has 0 radical (unpaired) electrons. The first-order valence-corrected chi connectivity index (χ1v) is 8.92. The molecule has 0 unspecified atom stereocenters. The molecule has 0 spiro atoms. The van der Waals surface area contributed by atoms with Gasteiger partial charge in [0.25, 0.3) is 5.91 Å². The molecule has 2 N–H and O–H groups in total. The Bertz CT molecular complexity index is 645. The molecule has 1 saturated carbocycles. The molecule has 6 heteroatoms. The van der Waals surface area contributed by atoms with Crippen molar-refractivity contribution in [3.05, 3.63) is 35.9 Å². The molecular formula is C19H24N2O4. The van der Waals surface area contributed by atoms with E-state index in [9.17, 15) is 19.5 Å². The van der Waals surface area contributed by atoms with Crippen molar-refractivity contribution in [2.24, 2.45) is 5.92 Å². The fourth-order valence-electron chi connectivity index (χ4n) is 3.82. The van der Waals surface area contributed by atoms with Crippen LogP contribution in [-0.4, -0.2) is 46.4 Å². The number of amides is 2. The quantitative estimate of drug-likeness (QED) is 0.875. The number of hydrogen-bond donors (Lipinski definition) is 2. The summed E-state index contributed by atoms with van der Waals surface area (Å²) in [7, 11) is 0. The molecular weight excluding hydrogens is 320 g/mol. The van der Waals surface area contributed by atoms with E-state index in [1.165, 1.54) is 0 Å². The number of likely N-dealkylation sites (tertiary alicyclic amines) is 1. The molecule has 0 aromatic heterocycles. The summed E-state index contributed by atoms with van der Waals surface area (Å²) >= 11 is 0. The maximum Gasteiger partial charge on any atom is 0.329 e. The van der Waals surface area contributed by atoms with Gasteiger partial charge < -0.3 is 15.3 Å². The number of carbonyl (C=O) groups is 3. The topological polar surface area (TPSA) is 86.7 Å². The van der Waals surface area contributed by atoms with Crippen LogP contribution >= 0.6 is 0 Å². The van der Waals surface area contributed by atoms with Crippen molar-refractivity contribution in [1.82, 2.24) is 10.2 Å². The van der Waals surface area contributed by atoms with Gasteiger partial charge in [-0.25, -0.2) is 4.79 Å². The van der Waals surface area contributed by atoms with Crippen molar-refractivity contribution in [1.29, 1.82) is 0 Å². The molecule has 1 heterocycles. The van der Waals surface area contributed by atoms with E-state index in [1.54, 1.807) is 17.0 Å². The van der Waals surface area contributed by atoms with Gasteiger partial charge in [-0.05, 0) is 37.8 Å².